The normalized spacial score (nSPS) is 15.5. The summed E-state index contributed by atoms with van der Waals surface area (Å²) in [5.74, 6) is 0.0549. The number of benzene rings is 1. The maximum absolute atomic E-state index is 12.8. The lowest BCUT2D eigenvalue weighted by Gasteiger charge is -2.36. The number of nitrogens with one attached hydrogen (secondary N) is 1. The van der Waals surface area contributed by atoms with Crippen LogP contribution in [0.15, 0.2) is 29.3 Å². The molecule has 1 amide bonds. The lowest BCUT2D eigenvalue weighted by molar-refractivity contribution is -0.384. The highest BCUT2D eigenvalue weighted by Gasteiger charge is 2.34. The van der Waals surface area contributed by atoms with Crippen molar-refractivity contribution < 1.29 is 9.72 Å². The minimum atomic E-state index is -0.586. The molecule has 0 fully saturated rings. The van der Waals surface area contributed by atoms with Crippen molar-refractivity contribution >= 4 is 38.8 Å². The molecule has 2 aromatic heterocycles. The Kier molecular flexibility index (Phi) is 6.23. The number of nitrogens with zero attached hydrogens (tertiary/aromatic N) is 4. The number of carbonyl (C=O) groups excluding carboxylic acids is 1. The Hall–Kier alpha value is -3.58. The summed E-state index contributed by atoms with van der Waals surface area (Å²) in [6, 6.07) is 6.09. The van der Waals surface area contributed by atoms with Gasteiger partial charge >= 0.3 is 0 Å². The molecule has 1 aromatic carbocycles. The summed E-state index contributed by atoms with van der Waals surface area (Å²) in [7, 11) is 0. The Bertz CT molecular complexity index is 1400. The van der Waals surface area contributed by atoms with Crippen molar-refractivity contribution in [3.05, 3.63) is 61.0 Å². The highest BCUT2D eigenvalue weighted by molar-refractivity contribution is 7.16. The highest BCUT2D eigenvalue weighted by atomic mass is 32.1. The molecule has 10 heteroatoms. The van der Waals surface area contributed by atoms with E-state index < -0.39 is 16.4 Å². The third-order valence-corrected chi connectivity index (χ3v) is 8.15. The van der Waals surface area contributed by atoms with Crippen LogP contribution in [0.5, 0.6) is 0 Å². The zero-order chi connectivity index (χ0) is 24.6. The van der Waals surface area contributed by atoms with Crippen LogP contribution in [0, 0.1) is 32.8 Å². The van der Waals surface area contributed by atoms with E-state index in [0.717, 1.165) is 46.8 Å². The number of hydrogen-bond acceptors (Lipinski definition) is 7. The number of anilines is 1. The van der Waals surface area contributed by atoms with E-state index >= 15 is 0 Å². The molecule has 0 saturated carbocycles. The maximum Gasteiger partial charge on any atom is 0.270 e. The molecule has 0 aliphatic heterocycles. The fraction of sp³-hybridized carbons (Fsp3) is 0.417. The van der Waals surface area contributed by atoms with E-state index in [2.05, 4.69) is 37.1 Å². The molecule has 1 atom stereocenters. The maximum atomic E-state index is 12.8. The van der Waals surface area contributed by atoms with Crippen LogP contribution in [0.2, 0.25) is 0 Å². The number of amides is 1. The summed E-state index contributed by atoms with van der Waals surface area (Å²) in [6.07, 6.45) is 5.03. The number of carbonyl (C=O) groups is 1. The van der Waals surface area contributed by atoms with Gasteiger partial charge in [0.2, 0.25) is 5.91 Å². The van der Waals surface area contributed by atoms with Crippen LogP contribution in [0.3, 0.4) is 0 Å². The minimum absolute atomic E-state index is 0.0679. The molecule has 0 saturated heterocycles. The molecule has 0 bridgehead atoms. The standard InChI is InChI=1S/C24H25N5O4S/c1-4-24(2,3)14-5-7-16-18(11-25)22(34-20(16)9-14)27-21(30)12-28-13-26-19-8-6-15(29(32)33)10-17(19)23(28)31/h6,8,10,13-14H,4-5,7,9,12H2,1-3H3,(H,27,30). The summed E-state index contributed by atoms with van der Waals surface area (Å²) < 4.78 is 1.11. The molecule has 3 aromatic rings. The van der Waals surface area contributed by atoms with Crippen LogP contribution in [0.25, 0.3) is 10.9 Å². The Morgan fingerprint density at radius 1 is 1.44 bits per heavy atom. The third kappa shape index (κ3) is 4.31. The Morgan fingerprint density at radius 2 is 2.21 bits per heavy atom. The summed E-state index contributed by atoms with van der Waals surface area (Å²) >= 11 is 1.44. The second kappa shape index (κ2) is 8.99. The number of non-ortho nitro benzene ring substituents is 1. The molecule has 1 unspecified atom stereocenters. The van der Waals surface area contributed by atoms with Gasteiger partial charge in [0.1, 0.15) is 17.6 Å². The Labute approximate surface area is 200 Å². The fourth-order valence-electron chi connectivity index (χ4n) is 4.44. The molecule has 0 radical (unpaired) electrons. The van der Waals surface area contributed by atoms with E-state index in [4.69, 9.17) is 0 Å². The first-order valence-electron chi connectivity index (χ1n) is 11.1. The molecule has 1 aliphatic carbocycles. The van der Waals surface area contributed by atoms with Crippen LogP contribution in [-0.4, -0.2) is 20.4 Å². The van der Waals surface area contributed by atoms with Crippen LogP contribution in [0.4, 0.5) is 10.7 Å². The van der Waals surface area contributed by atoms with E-state index in [1.807, 2.05) is 0 Å². The van der Waals surface area contributed by atoms with Crippen LogP contribution in [-0.2, 0) is 24.2 Å². The summed E-state index contributed by atoms with van der Waals surface area (Å²) in [4.78, 5) is 41.3. The molecular formula is C24H25N5O4S. The van der Waals surface area contributed by atoms with Crippen LogP contribution >= 0.6 is 11.3 Å². The summed E-state index contributed by atoms with van der Waals surface area (Å²) in [5, 5.41) is 24.2. The average molecular weight is 480 g/mol. The molecule has 2 heterocycles. The highest BCUT2D eigenvalue weighted by Crippen LogP contribution is 2.45. The molecule has 9 nitrogen and oxygen atoms in total. The zero-order valence-electron chi connectivity index (χ0n) is 19.3. The Morgan fingerprint density at radius 3 is 2.88 bits per heavy atom. The van der Waals surface area contributed by atoms with Gasteiger partial charge in [-0.15, -0.1) is 11.3 Å². The fourth-order valence-corrected chi connectivity index (χ4v) is 5.74. The summed E-state index contributed by atoms with van der Waals surface area (Å²) in [6.45, 7) is 6.42. The van der Waals surface area contributed by atoms with E-state index in [1.54, 1.807) is 0 Å². The van der Waals surface area contributed by atoms with Gasteiger partial charge in [0.05, 0.1) is 27.7 Å². The second-order valence-electron chi connectivity index (χ2n) is 9.29. The van der Waals surface area contributed by atoms with E-state index in [-0.39, 0.29) is 23.0 Å². The SMILES string of the molecule is CCC(C)(C)C1CCc2c(sc(NC(=O)Cn3cnc4ccc([N+](=O)[O-])cc4c3=O)c2C#N)C1. The van der Waals surface area contributed by atoms with Crippen molar-refractivity contribution in [3.63, 3.8) is 0 Å². The molecule has 34 heavy (non-hydrogen) atoms. The largest absolute Gasteiger partial charge is 0.315 e. The summed E-state index contributed by atoms with van der Waals surface area (Å²) in [5.41, 5.74) is 1.27. The monoisotopic (exact) mass is 479 g/mol. The van der Waals surface area contributed by atoms with Crippen molar-refractivity contribution in [1.29, 1.82) is 5.26 Å². The smallest absolute Gasteiger partial charge is 0.270 e. The quantitative estimate of drug-likeness (QED) is 0.411. The van der Waals surface area contributed by atoms with Gasteiger partial charge in [0, 0.05) is 17.0 Å². The molecule has 0 spiro atoms. The molecule has 176 valence electrons. The molecule has 1 N–H and O–H groups in total. The van der Waals surface area contributed by atoms with Crippen molar-refractivity contribution in [2.75, 3.05) is 5.32 Å². The van der Waals surface area contributed by atoms with E-state index in [1.165, 1.54) is 29.8 Å². The third-order valence-electron chi connectivity index (χ3n) is 6.98. The lowest BCUT2D eigenvalue weighted by Crippen LogP contribution is -2.28. The average Bonchev–Trinajstić information content (AvgIpc) is 3.16. The van der Waals surface area contributed by atoms with Gasteiger partial charge in [0.25, 0.3) is 11.2 Å². The van der Waals surface area contributed by atoms with Gasteiger partial charge in [0.15, 0.2) is 0 Å². The number of aromatic nitrogens is 2. The van der Waals surface area contributed by atoms with Crippen molar-refractivity contribution in [1.82, 2.24) is 9.55 Å². The van der Waals surface area contributed by atoms with Gasteiger partial charge in [-0.1, -0.05) is 27.2 Å². The first kappa shape index (κ1) is 23.6. The lowest BCUT2D eigenvalue weighted by atomic mass is 9.69. The number of rotatable bonds is 6. The molecule has 1 aliphatic rings. The van der Waals surface area contributed by atoms with Crippen molar-refractivity contribution in [3.8, 4) is 6.07 Å². The topological polar surface area (TPSA) is 131 Å². The van der Waals surface area contributed by atoms with Gasteiger partial charge in [-0.25, -0.2) is 4.98 Å². The first-order chi connectivity index (χ1) is 16.1. The van der Waals surface area contributed by atoms with E-state index in [0.29, 0.717) is 22.0 Å². The minimum Gasteiger partial charge on any atom is -0.315 e. The van der Waals surface area contributed by atoms with Gasteiger partial charge < -0.3 is 5.32 Å². The number of hydrogen-bond donors (Lipinski definition) is 1. The number of nitro benzene ring substituents is 1. The predicted octanol–water partition coefficient (Wildman–Crippen LogP) is 4.42. The number of nitriles is 1. The number of thiophene rings is 1. The van der Waals surface area contributed by atoms with Gasteiger partial charge in [-0.05, 0) is 42.2 Å². The molecule has 4 rings (SSSR count). The van der Waals surface area contributed by atoms with Gasteiger partial charge in [-0.3, -0.25) is 24.3 Å². The number of fused-ring (bicyclic) bond motifs is 2. The Balaban J connectivity index is 1.57. The van der Waals surface area contributed by atoms with Crippen molar-refractivity contribution in [2.45, 2.75) is 53.0 Å². The second-order valence-corrected chi connectivity index (χ2v) is 10.4. The van der Waals surface area contributed by atoms with Crippen molar-refractivity contribution in [2.24, 2.45) is 11.3 Å². The first-order valence-corrected chi connectivity index (χ1v) is 11.9. The molecular weight excluding hydrogens is 454 g/mol. The zero-order valence-corrected chi connectivity index (χ0v) is 20.1. The van der Waals surface area contributed by atoms with E-state index in [9.17, 15) is 25.0 Å². The van der Waals surface area contributed by atoms with Gasteiger partial charge in [-0.2, -0.15) is 5.26 Å². The van der Waals surface area contributed by atoms with Crippen LogP contribution < -0.4 is 10.9 Å². The predicted molar refractivity (Wildman–Crippen MR) is 130 cm³/mol. The number of nitro groups is 1. The van der Waals surface area contributed by atoms with Crippen LogP contribution in [0.1, 0.15) is 49.6 Å².